The molecule has 0 saturated carbocycles. The van der Waals surface area contributed by atoms with Crippen LogP contribution in [0, 0.1) is 13.8 Å². The van der Waals surface area contributed by atoms with Crippen molar-refractivity contribution in [3.05, 3.63) is 29.3 Å². The summed E-state index contributed by atoms with van der Waals surface area (Å²) in [6.07, 6.45) is 0. The molecule has 64 valence electrons. The molecule has 12 heavy (non-hydrogen) atoms. The van der Waals surface area contributed by atoms with E-state index in [1.165, 1.54) is 0 Å². The van der Waals surface area contributed by atoms with E-state index in [-0.39, 0.29) is 5.17 Å². The molecular formula is C9H11NOS. The molecule has 0 aliphatic carbocycles. The molecule has 0 aliphatic rings. The Hall–Kier alpha value is -1.09. The van der Waals surface area contributed by atoms with Crippen LogP contribution in [0.2, 0.25) is 0 Å². The van der Waals surface area contributed by atoms with E-state index in [4.69, 9.17) is 10.5 Å². The number of hydrogen-bond donors (Lipinski definition) is 1. The molecule has 2 N–H and O–H groups in total. The topological polar surface area (TPSA) is 35.2 Å². The van der Waals surface area contributed by atoms with Gasteiger partial charge >= 0.3 is 0 Å². The second-order valence-electron chi connectivity index (χ2n) is 2.64. The van der Waals surface area contributed by atoms with Crippen molar-refractivity contribution in [1.82, 2.24) is 0 Å². The highest BCUT2D eigenvalue weighted by atomic mass is 32.1. The van der Waals surface area contributed by atoms with Gasteiger partial charge in [0, 0.05) is 0 Å². The summed E-state index contributed by atoms with van der Waals surface area (Å²) >= 11 is 4.65. The molecule has 0 aliphatic heterocycles. The second-order valence-corrected chi connectivity index (χ2v) is 3.04. The fourth-order valence-electron chi connectivity index (χ4n) is 1.06. The molecule has 0 spiro atoms. The fourth-order valence-corrected chi connectivity index (χ4v) is 1.14. The summed E-state index contributed by atoms with van der Waals surface area (Å²) < 4.78 is 5.18. The van der Waals surface area contributed by atoms with Gasteiger partial charge < -0.3 is 10.5 Å². The van der Waals surface area contributed by atoms with E-state index in [1.807, 2.05) is 32.0 Å². The lowest BCUT2D eigenvalue weighted by molar-refractivity contribution is 0.548. The minimum Gasteiger partial charge on any atom is -0.432 e. The summed E-state index contributed by atoms with van der Waals surface area (Å²) in [5.41, 5.74) is 7.36. The summed E-state index contributed by atoms with van der Waals surface area (Å²) in [4.78, 5) is 0. The molecule has 0 saturated heterocycles. The standard InChI is InChI=1S/C9H11NOS/c1-6-4-3-5-7(2)8(6)11-9(10)12/h3-5H,1-2H3,(H2,10,12). The number of rotatable bonds is 1. The van der Waals surface area contributed by atoms with E-state index >= 15 is 0 Å². The lowest BCUT2D eigenvalue weighted by atomic mass is 10.1. The fraction of sp³-hybridized carbons (Fsp3) is 0.222. The summed E-state index contributed by atoms with van der Waals surface area (Å²) in [5.74, 6) is 0.769. The average Bonchev–Trinajstić information content (AvgIpc) is 1.97. The van der Waals surface area contributed by atoms with Crippen molar-refractivity contribution in [2.75, 3.05) is 0 Å². The number of benzene rings is 1. The summed E-state index contributed by atoms with van der Waals surface area (Å²) in [6, 6.07) is 5.89. The molecule has 0 heterocycles. The molecule has 0 aromatic heterocycles. The Morgan fingerprint density at radius 2 is 1.83 bits per heavy atom. The predicted molar refractivity (Wildman–Crippen MR) is 53.3 cm³/mol. The van der Waals surface area contributed by atoms with Crippen LogP contribution in [-0.2, 0) is 0 Å². The highest BCUT2D eigenvalue weighted by Gasteiger charge is 2.03. The van der Waals surface area contributed by atoms with Crippen molar-refractivity contribution in [3.63, 3.8) is 0 Å². The zero-order valence-corrected chi connectivity index (χ0v) is 7.94. The normalized spacial score (nSPS) is 9.50. The van der Waals surface area contributed by atoms with Crippen LogP contribution in [0.25, 0.3) is 0 Å². The van der Waals surface area contributed by atoms with E-state index in [2.05, 4.69) is 12.2 Å². The van der Waals surface area contributed by atoms with Crippen LogP contribution in [0.3, 0.4) is 0 Å². The molecule has 1 aromatic carbocycles. The first-order chi connectivity index (χ1) is 5.61. The first-order valence-corrected chi connectivity index (χ1v) is 4.05. The number of para-hydroxylation sites is 1. The number of thiocarbonyl (C=S) groups is 1. The Balaban J connectivity index is 3.04. The van der Waals surface area contributed by atoms with E-state index in [9.17, 15) is 0 Å². The quantitative estimate of drug-likeness (QED) is 0.672. The Kier molecular flexibility index (Phi) is 2.65. The maximum Gasteiger partial charge on any atom is 0.259 e. The van der Waals surface area contributed by atoms with E-state index in [0.29, 0.717) is 0 Å². The largest absolute Gasteiger partial charge is 0.432 e. The molecular weight excluding hydrogens is 170 g/mol. The summed E-state index contributed by atoms with van der Waals surface area (Å²) in [7, 11) is 0. The molecule has 1 rings (SSSR count). The van der Waals surface area contributed by atoms with Gasteiger partial charge in [-0.1, -0.05) is 18.2 Å². The van der Waals surface area contributed by atoms with Gasteiger partial charge in [0.25, 0.3) is 5.17 Å². The van der Waals surface area contributed by atoms with Gasteiger partial charge in [0.1, 0.15) is 5.75 Å². The van der Waals surface area contributed by atoms with Crippen molar-refractivity contribution in [2.45, 2.75) is 13.8 Å². The third-order valence-corrected chi connectivity index (χ3v) is 1.69. The molecule has 0 unspecified atom stereocenters. The van der Waals surface area contributed by atoms with Gasteiger partial charge in [0.15, 0.2) is 0 Å². The summed E-state index contributed by atoms with van der Waals surface area (Å²) in [5, 5.41) is 0.0624. The van der Waals surface area contributed by atoms with Crippen LogP contribution in [0.5, 0.6) is 5.75 Å². The molecule has 0 amide bonds. The summed E-state index contributed by atoms with van der Waals surface area (Å²) in [6.45, 7) is 3.92. The first kappa shape index (κ1) is 9.00. The minimum atomic E-state index is 0.0624. The Labute approximate surface area is 77.3 Å². The van der Waals surface area contributed by atoms with Crippen molar-refractivity contribution in [2.24, 2.45) is 5.73 Å². The van der Waals surface area contributed by atoms with Crippen molar-refractivity contribution in [1.29, 1.82) is 0 Å². The third-order valence-electron chi connectivity index (χ3n) is 1.61. The predicted octanol–water partition coefficient (Wildman–Crippen LogP) is 1.93. The average molecular weight is 181 g/mol. The molecule has 0 radical (unpaired) electrons. The van der Waals surface area contributed by atoms with E-state index in [0.717, 1.165) is 16.9 Å². The van der Waals surface area contributed by atoms with Gasteiger partial charge in [0.2, 0.25) is 0 Å². The van der Waals surface area contributed by atoms with Crippen LogP contribution >= 0.6 is 12.2 Å². The van der Waals surface area contributed by atoms with Crippen molar-refractivity contribution >= 4 is 17.4 Å². The zero-order valence-electron chi connectivity index (χ0n) is 7.13. The molecule has 0 fully saturated rings. The molecule has 2 nitrogen and oxygen atoms in total. The smallest absolute Gasteiger partial charge is 0.259 e. The van der Waals surface area contributed by atoms with Gasteiger partial charge in [-0.15, -0.1) is 0 Å². The molecule has 0 bridgehead atoms. The van der Waals surface area contributed by atoms with Crippen LogP contribution in [0.15, 0.2) is 18.2 Å². The van der Waals surface area contributed by atoms with Crippen LogP contribution in [-0.4, -0.2) is 5.17 Å². The number of aryl methyl sites for hydroxylation is 2. The van der Waals surface area contributed by atoms with Gasteiger partial charge in [-0.05, 0) is 37.2 Å². The highest BCUT2D eigenvalue weighted by Crippen LogP contribution is 2.21. The third kappa shape index (κ3) is 1.95. The van der Waals surface area contributed by atoms with Crippen molar-refractivity contribution in [3.8, 4) is 5.75 Å². The van der Waals surface area contributed by atoms with Gasteiger partial charge in [-0.2, -0.15) is 0 Å². The van der Waals surface area contributed by atoms with Crippen LogP contribution < -0.4 is 10.5 Å². The number of hydrogen-bond acceptors (Lipinski definition) is 2. The molecule has 0 atom stereocenters. The van der Waals surface area contributed by atoms with Crippen molar-refractivity contribution < 1.29 is 4.74 Å². The first-order valence-electron chi connectivity index (χ1n) is 3.65. The molecule has 3 heteroatoms. The number of nitrogens with two attached hydrogens (primary N) is 1. The Morgan fingerprint density at radius 1 is 1.33 bits per heavy atom. The second kappa shape index (κ2) is 3.54. The number of ether oxygens (including phenoxy) is 1. The van der Waals surface area contributed by atoms with Crippen LogP contribution in [0.1, 0.15) is 11.1 Å². The Bertz CT molecular complexity index is 289. The van der Waals surface area contributed by atoms with E-state index < -0.39 is 0 Å². The minimum absolute atomic E-state index is 0.0624. The lowest BCUT2D eigenvalue weighted by Gasteiger charge is -2.08. The zero-order chi connectivity index (χ0) is 9.14. The SMILES string of the molecule is Cc1cccc(C)c1OC(N)=S. The maximum absolute atomic E-state index is 5.27. The Morgan fingerprint density at radius 3 is 2.25 bits per heavy atom. The van der Waals surface area contributed by atoms with Gasteiger partial charge in [-0.25, -0.2) is 0 Å². The highest BCUT2D eigenvalue weighted by molar-refractivity contribution is 7.80. The lowest BCUT2D eigenvalue weighted by Crippen LogP contribution is -2.17. The van der Waals surface area contributed by atoms with Crippen LogP contribution in [0.4, 0.5) is 0 Å². The maximum atomic E-state index is 5.27. The van der Waals surface area contributed by atoms with Gasteiger partial charge in [-0.3, -0.25) is 0 Å². The molecule has 1 aromatic rings. The van der Waals surface area contributed by atoms with E-state index in [1.54, 1.807) is 0 Å². The van der Waals surface area contributed by atoms with Gasteiger partial charge in [0.05, 0.1) is 0 Å². The monoisotopic (exact) mass is 181 g/mol.